The van der Waals surface area contributed by atoms with Crippen LogP contribution in [0.2, 0.25) is 0 Å². The van der Waals surface area contributed by atoms with Crippen LogP contribution in [-0.4, -0.2) is 20.2 Å². The summed E-state index contributed by atoms with van der Waals surface area (Å²) >= 11 is 13.3. The highest BCUT2D eigenvalue weighted by Crippen LogP contribution is 2.36. The molecule has 0 saturated carbocycles. The van der Waals surface area contributed by atoms with Crippen LogP contribution in [0.3, 0.4) is 0 Å². The van der Waals surface area contributed by atoms with Crippen molar-refractivity contribution < 1.29 is 10.2 Å². The Kier molecular flexibility index (Phi) is 6.17. The van der Waals surface area contributed by atoms with E-state index in [0.29, 0.717) is 20.0 Å². The first-order valence-electron chi connectivity index (χ1n) is 7.23. The minimum absolute atomic E-state index is 0.179. The summed E-state index contributed by atoms with van der Waals surface area (Å²) in [5.41, 5.74) is 1.20. The molecule has 0 aliphatic carbocycles. The number of hydrogen-bond donors (Lipinski definition) is 2. The summed E-state index contributed by atoms with van der Waals surface area (Å²) in [6, 6.07) is 11.1. The maximum absolute atomic E-state index is 9.65. The minimum Gasteiger partial charge on any atom is -0.505 e. The van der Waals surface area contributed by atoms with Gasteiger partial charge in [-0.15, -0.1) is 0 Å². The molecule has 26 heavy (non-hydrogen) atoms. The van der Waals surface area contributed by atoms with Gasteiger partial charge in [-0.25, -0.2) is 0 Å². The van der Waals surface area contributed by atoms with E-state index in [2.05, 4.69) is 73.7 Å². The van der Waals surface area contributed by atoms with Gasteiger partial charge in [0.25, 0.3) is 0 Å². The molecule has 0 aliphatic rings. The number of rotatable bonds is 0. The highest BCUT2D eigenvalue weighted by Gasteiger charge is 2.09. The molecular weight excluding hydrogens is 596 g/mol. The van der Waals surface area contributed by atoms with E-state index >= 15 is 0 Å². The summed E-state index contributed by atoms with van der Waals surface area (Å²) in [7, 11) is 0. The molecule has 0 fully saturated rings. The topological polar surface area (TPSA) is 66.2 Å². The van der Waals surface area contributed by atoms with Gasteiger partial charge in [0.2, 0.25) is 0 Å². The third-order valence-corrected chi connectivity index (χ3v) is 6.06. The normalized spacial score (nSPS) is 10.6. The third kappa shape index (κ3) is 3.88. The van der Waals surface area contributed by atoms with Crippen LogP contribution in [0.4, 0.5) is 0 Å². The zero-order valence-electron chi connectivity index (χ0n) is 12.9. The van der Waals surface area contributed by atoms with Crippen molar-refractivity contribution in [3.05, 3.63) is 66.7 Å². The fourth-order valence-electron chi connectivity index (χ4n) is 2.31. The second-order valence-electron chi connectivity index (χ2n) is 5.18. The van der Waals surface area contributed by atoms with Gasteiger partial charge in [-0.2, -0.15) is 0 Å². The zero-order chi connectivity index (χ0) is 18.8. The lowest BCUT2D eigenvalue weighted by molar-refractivity contribution is 0.476. The Hall–Kier alpha value is -1.22. The number of aromatic nitrogens is 2. The molecule has 8 heteroatoms. The molecule has 4 nitrogen and oxygen atoms in total. The van der Waals surface area contributed by atoms with Crippen LogP contribution in [0, 0.1) is 0 Å². The molecule has 0 spiro atoms. The van der Waals surface area contributed by atoms with E-state index in [4.69, 9.17) is 0 Å². The Morgan fingerprint density at radius 2 is 1.00 bits per heavy atom. The first-order valence-corrected chi connectivity index (χ1v) is 10.4. The van der Waals surface area contributed by atoms with Crippen molar-refractivity contribution in [2.24, 2.45) is 0 Å². The third-order valence-electron chi connectivity index (χ3n) is 3.54. The summed E-state index contributed by atoms with van der Waals surface area (Å²) < 4.78 is 3.12. The van der Waals surface area contributed by atoms with Gasteiger partial charge in [0.1, 0.15) is 11.0 Å². The van der Waals surface area contributed by atoms with Crippen LogP contribution in [0.5, 0.6) is 11.5 Å². The molecule has 4 rings (SSSR count). The van der Waals surface area contributed by atoms with E-state index in [9.17, 15) is 10.2 Å². The van der Waals surface area contributed by atoms with Gasteiger partial charge in [0.05, 0.1) is 8.95 Å². The van der Waals surface area contributed by atoms with E-state index in [1.54, 1.807) is 24.5 Å². The molecule has 132 valence electrons. The monoisotopic (exact) mass is 602 g/mol. The second kappa shape index (κ2) is 8.21. The predicted molar refractivity (Wildman–Crippen MR) is 118 cm³/mol. The zero-order valence-corrected chi connectivity index (χ0v) is 19.3. The fraction of sp³-hybridized carbons (Fsp3) is 0. The number of nitrogens with zero attached hydrogens (tertiary/aromatic N) is 2. The molecular formula is C18H10Br4N2O2. The van der Waals surface area contributed by atoms with Gasteiger partial charge < -0.3 is 10.2 Å². The maximum Gasteiger partial charge on any atom is 0.156 e. The lowest BCUT2D eigenvalue weighted by Gasteiger charge is -2.03. The van der Waals surface area contributed by atoms with Gasteiger partial charge in [0, 0.05) is 32.1 Å². The van der Waals surface area contributed by atoms with Crippen LogP contribution in [0.1, 0.15) is 0 Å². The maximum atomic E-state index is 9.65. The highest BCUT2D eigenvalue weighted by atomic mass is 79.9. The Balaban J connectivity index is 0.000000151. The summed E-state index contributed by atoms with van der Waals surface area (Å²) in [5, 5.41) is 21.1. The Morgan fingerprint density at radius 3 is 1.38 bits per heavy atom. The lowest BCUT2D eigenvalue weighted by atomic mass is 10.2. The Labute approximate surface area is 182 Å². The number of fused-ring (bicyclic) bond motifs is 2. The molecule has 0 unspecified atom stereocenters. The summed E-state index contributed by atoms with van der Waals surface area (Å²) in [5.74, 6) is 0.359. The number of pyridine rings is 2. The van der Waals surface area contributed by atoms with E-state index in [-0.39, 0.29) is 11.5 Å². The fourth-order valence-corrected chi connectivity index (χ4v) is 4.86. The molecule has 2 heterocycles. The average molecular weight is 606 g/mol. The summed E-state index contributed by atoms with van der Waals surface area (Å²) in [6.45, 7) is 0. The van der Waals surface area contributed by atoms with Crippen molar-refractivity contribution in [3.8, 4) is 11.5 Å². The van der Waals surface area contributed by atoms with Gasteiger partial charge in [-0.1, -0.05) is 44.0 Å². The molecule has 0 bridgehead atoms. The van der Waals surface area contributed by atoms with Crippen molar-refractivity contribution in [3.63, 3.8) is 0 Å². The molecule has 0 atom stereocenters. The number of halogens is 4. The Morgan fingerprint density at radius 1 is 0.615 bits per heavy atom. The number of phenols is 2. The minimum atomic E-state index is 0.179. The number of phenolic OH excluding ortho intramolecular Hbond substituents is 2. The lowest BCUT2D eigenvalue weighted by Crippen LogP contribution is -1.81. The van der Waals surface area contributed by atoms with Crippen molar-refractivity contribution in [2.75, 3.05) is 0 Å². The molecule has 0 aliphatic heterocycles. The van der Waals surface area contributed by atoms with Crippen LogP contribution < -0.4 is 0 Å². The van der Waals surface area contributed by atoms with Crippen LogP contribution in [-0.2, 0) is 0 Å². The SMILES string of the molecule is Oc1c(Br)cc(Br)c2cccnc12.Oc1c(Br)cc(Br)c2cccnc12. The van der Waals surface area contributed by atoms with Gasteiger partial charge in [-0.3, -0.25) is 9.97 Å². The molecule has 0 radical (unpaired) electrons. The molecule has 0 amide bonds. The summed E-state index contributed by atoms with van der Waals surface area (Å²) in [4.78, 5) is 8.18. The Bertz CT molecular complexity index is 1030. The van der Waals surface area contributed by atoms with Gasteiger partial charge in [0.15, 0.2) is 11.5 Å². The molecule has 4 aromatic rings. The van der Waals surface area contributed by atoms with E-state index in [1.165, 1.54) is 0 Å². The number of aromatic hydroxyl groups is 2. The largest absolute Gasteiger partial charge is 0.505 e. The van der Waals surface area contributed by atoms with Crippen LogP contribution in [0.25, 0.3) is 21.8 Å². The number of benzene rings is 2. The quantitative estimate of drug-likeness (QED) is 0.228. The number of hydrogen-bond acceptors (Lipinski definition) is 4. The summed E-state index contributed by atoms with van der Waals surface area (Å²) in [6.07, 6.45) is 3.31. The molecule has 2 aromatic carbocycles. The van der Waals surface area contributed by atoms with E-state index < -0.39 is 0 Å². The van der Waals surface area contributed by atoms with E-state index in [0.717, 1.165) is 19.7 Å². The van der Waals surface area contributed by atoms with Crippen molar-refractivity contribution in [2.45, 2.75) is 0 Å². The first kappa shape index (κ1) is 19.5. The van der Waals surface area contributed by atoms with Crippen molar-refractivity contribution in [1.29, 1.82) is 0 Å². The van der Waals surface area contributed by atoms with Crippen molar-refractivity contribution >= 4 is 85.5 Å². The standard InChI is InChI=1S/2C9H5Br2NO/c2*10-6-4-7(11)9(13)8-5(6)2-1-3-12-8/h2*1-4,13H. The van der Waals surface area contributed by atoms with Crippen molar-refractivity contribution in [1.82, 2.24) is 9.97 Å². The highest BCUT2D eigenvalue weighted by molar-refractivity contribution is 9.11. The smallest absolute Gasteiger partial charge is 0.156 e. The molecule has 0 saturated heterocycles. The van der Waals surface area contributed by atoms with Gasteiger partial charge >= 0.3 is 0 Å². The molecule has 2 N–H and O–H groups in total. The van der Waals surface area contributed by atoms with Crippen LogP contribution >= 0.6 is 63.7 Å². The molecule has 2 aromatic heterocycles. The first-order chi connectivity index (χ1) is 12.4. The predicted octanol–water partition coefficient (Wildman–Crippen LogP) is 6.93. The second-order valence-corrected chi connectivity index (χ2v) is 8.59. The average Bonchev–Trinajstić information content (AvgIpc) is 2.65. The van der Waals surface area contributed by atoms with Crippen LogP contribution in [0.15, 0.2) is 66.7 Å². The van der Waals surface area contributed by atoms with E-state index in [1.807, 2.05) is 24.3 Å². The van der Waals surface area contributed by atoms with Gasteiger partial charge in [-0.05, 0) is 56.1 Å².